The first-order valence-corrected chi connectivity index (χ1v) is 4.71. The fraction of sp³-hybridized carbons (Fsp3) is 0.167. The number of pyridine rings is 1. The molecule has 2 aromatic rings. The monoisotopic (exact) mass is 198 g/mol. The van der Waals surface area contributed by atoms with Crippen LogP contribution in [-0.2, 0) is 6.42 Å². The molecule has 2 rings (SSSR count). The molecule has 0 fully saturated rings. The molecule has 0 aliphatic rings. The number of nitrogens with zero attached hydrogens (tertiary/aromatic N) is 2. The van der Waals surface area contributed by atoms with Crippen molar-refractivity contribution >= 4 is 10.9 Å². The third-order valence-corrected chi connectivity index (χ3v) is 2.26. The van der Waals surface area contributed by atoms with E-state index < -0.39 is 0 Å². The van der Waals surface area contributed by atoms with E-state index in [0.717, 1.165) is 10.9 Å². The molecule has 0 amide bonds. The largest absolute Gasteiger partial charge is 0.506 e. The van der Waals surface area contributed by atoms with Gasteiger partial charge in [0.15, 0.2) is 0 Å². The quantitative estimate of drug-likeness (QED) is 0.752. The van der Waals surface area contributed by atoms with E-state index in [1.165, 1.54) is 0 Å². The van der Waals surface area contributed by atoms with Crippen LogP contribution < -0.4 is 0 Å². The van der Waals surface area contributed by atoms with Gasteiger partial charge in [0.25, 0.3) is 0 Å². The van der Waals surface area contributed by atoms with Crippen molar-refractivity contribution in [3.63, 3.8) is 0 Å². The van der Waals surface area contributed by atoms with Gasteiger partial charge in [-0.1, -0.05) is 12.1 Å². The summed E-state index contributed by atoms with van der Waals surface area (Å²) in [5.41, 5.74) is 1.65. The highest BCUT2D eigenvalue weighted by Gasteiger charge is 2.02. The summed E-state index contributed by atoms with van der Waals surface area (Å²) in [6, 6.07) is 7.28. The van der Waals surface area contributed by atoms with Crippen LogP contribution >= 0.6 is 0 Å². The summed E-state index contributed by atoms with van der Waals surface area (Å²) >= 11 is 0. The SMILES string of the molecule is [C-]#[N+]CCc1cnc2c(O)cccc2c1. The molecular formula is C12H10N2O. The molecule has 1 aromatic carbocycles. The van der Waals surface area contributed by atoms with Gasteiger partial charge < -0.3 is 9.95 Å². The summed E-state index contributed by atoms with van der Waals surface area (Å²) in [6.07, 6.45) is 2.43. The number of hydrogen-bond acceptors (Lipinski definition) is 2. The molecule has 0 saturated carbocycles. The van der Waals surface area contributed by atoms with Gasteiger partial charge in [-0.15, -0.1) is 0 Å². The van der Waals surface area contributed by atoms with Crippen molar-refractivity contribution in [2.75, 3.05) is 6.54 Å². The predicted molar refractivity (Wildman–Crippen MR) is 58.6 cm³/mol. The van der Waals surface area contributed by atoms with Crippen molar-refractivity contribution in [2.45, 2.75) is 6.42 Å². The number of fused-ring (bicyclic) bond motifs is 1. The number of aromatic hydroxyl groups is 1. The molecule has 1 aromatic heterocycles. The second kappa shape index (κ2) is 3.97. The van der Waals surface area contributed by atoms with Crippen molar-refractivity contribution in [3.8, 4) is 5.75 Å². The lowest BCUT2D eigenvalue weighted by Crippen LogP contribution is -1.90. The van der Waals surface area contributed by atoms with Crippen molar-refractivity contribution in [1.82, 2.24) is 4.98 Å². The number of rotatable bonds is 2. The molecule has 1 N–H and O–H groups in total. The average Bonchev–Trinajstić information content (AvgIpc) is 2.26. The van der Waals surface area contributed by atoms with Crippen LogP contribution in [0.5, 0.6) is 5.75 Å². The first-order valence-electron chi connectivity index (χ1n) is 4.71. The number of hydrogen-bond donors (Lipinski definition) is 1. The standard InChI is InChI=1S/C12H10N2O/c1-13-6-5-9-7-10-3-2-4-11(15)12(10)14-8-9/h2-4,7-8,15H,5-6H2. The topological polar surface area (TPSA) is 37.5 Å². The van der Waals surface area contributed by atoms with E-state index in [2.05, 4.69) is 9.83 Å². The Hall–Kier alpha value is -2.08. The summed E-state index contributed by atoms with van der Waals surface area (Å²) in [7, 11) is 0. The summed E-state index contributed by atoms with van der Waals surface area (Å²) < 4.78 is 0. The predicted octanol–water partition coefficient (Wildman–Crippen LogP) is 2.40. The van der Waals surface area contributed by atoms with E-state index in [9.17, 15) is 5.11 Å². The molecule has 0 unspecified atom stereocenters. The second-order valence-corrected chi connectivity index (χ2v) is 3.32. The Kier molecular flexibility index (Phi) is 2.51. The molecule has 0 aliphatic carbocycles. The van der Waals surface area contributed by atoms with Gasteiger partial charge in [0, 0.05) is 18.0 Å². The van der Waals surface area contributed by atoms with Gasteiger partial charge in [-0.2, -0.15) is 0 Å². The van der Waals surface area contributed by atoms with E-state index in [1.54, 1.807) is 18.3 Å². The molecule has 0 spiro atoms. The molecule has 3 nitrogen and oxygen atoms in total. The van der Waals surface area contributed by atoms with Gasteiger partial charge >= 0.3 is 0 Å². The number of phenolic OH excluding ortho intramolecular Hbond substituents is 1. The minimum Gasteiger partial charge on any atom is -0.506 e. The van der Waals surface area contributed by atoms with E-state index in [-0.39, 0.29) is 5.75 Å². The fourth-order valence-electron chi connectivity index (χ4n) is 1.51. The number of benzene rings is 1. The lowest BCUT2D eigenvalue weighted by atomic mass is 10.1. The zero-order chi connectivity index (χ0) is 10.7. The highest BCUT2D eigenvalue weighted by Crippen LogP contribution is 2.22. The van der Waals surface area contributed by atoms with Gasteiger partial charge in [-0.05, 0) is 17.7 Å². The van der Waals surface area contributed by atoms with Crippen LogP contribution in [0.2, 0.25) is 0 Å². The highest BCUT2D eigenvalue weighted by atomic mass is 16.3. The van der Waals surface area contributed by atoms with Gasteiger partial charge in [0.1, 0.15) is 11.3 Å². The molecule has 0 saturated heterocycles. The van der Waals surface area contributed by atoms with E-state index in [0.29, 0.717) is 18.5 Å². The zero-order valence-corrected chi connectivity index (χ0v) is 8.14. The minimum atomic E-state index is 0.198. The molecular weight excluding hydrogens is 188 g/mol. The third kappa shape index (κ3) is 1.89. The Morgan fingerprint density at radius 2 is 2.27 bits per heavy atom. The third-order valence-electron chi connectivity index (χ3n) is 2.26. The highest BCUT2D eigenvalue weighted by molar-refractivity contribution is 5.84. The maximum atomic E-state index is 9.53. The molecule has 15 heavy (non-hydrogen) atoms. The van der Waals surface area contributed by atoms with E-state index in [1.807, 2.05) is 12.1 Å². The summed E-state index contributed by atoms with van der Waals surface area (Å²) in [4.78, 5) is 7.48. The van der Waals surface area contributed by atoms with Crippen LogP contribution in [0, 0.1) is 6.57 Å². The van der Waals surface area contributed by atoms with E-state index in [4.69, 9.17) is 6.57 Å². The van der Waals surface area contributed by atoms with Crippen LogP contribution in [0.4, 0.5) is 0 Å². The number of phenols is 1. The lowest BCUT2D eigenvalue weighted by molar-refractivity contribution is 0.480. The van der Waals surface area contributed by atoms with Crippen LogP contribution in [-0.4, -0.2) is 16.6 Å². The van der Waals surface area contributed by atoms with Gasteiger partial charge in [-0.3, -0.25) is 4.98 Å². The first-order chi connectivity index (χ1) is 7.31. The Balaban J connectivity index is 2.44. The van der Waals surface area contributed by atoms with Crippen molar-refractivity contribution in [1.29, 1.82) is 0 Å². The van der Waals surface area contributed by atoms with Crippen LogP contribution in [0.3, 0.4) is 0 Å². The van der Waals surface area contributed by atoms with Gasteiger partial charge in [-0.25, -0.2) is 6.57 Å². The lowest BCUT2D eigenvalue weighted by Gasteiger charge is -2.01. The summed E-state index contributed by atoms with van der Waals surface area (Å²) in [5.74, 6) is 0.198. The molecule has 1 heterocycles. The summed E-state index contributed by atoms with van der Waals surface area (Å²) in [5, 5.41) is 10.4. The number of aromatic nitrogens is 1. The number of para-hydroxylation sites is 1. The molecule has 0 bridgehead atoms. The Bertz CT molecular complexity index is 529. The minimum absolute atomic E-state index is 0.198. The van der Waals surface area contributed by atoms with Crippen LogP contribution in [0.25, 0.3) is 15.7 Å². The fourth-order valence-corrected chi connectivity index (χ4v) is 1.51. The molecule has 74 valence electrons. The first kappa shape index (κ1) is 9.47. The van der Waals surface area contributed by atoms with Crippen molar-refractivity contribution < 1.29 is 5.11 Å². The smallest absolute Gasteiger partial charge is 0.218 e. The zero-order valence-electron chi connectivity index (χ0n) is 8.14. The molecule has 0 atom stereocenters. The van der Waals surface area contributed by atoms with E-state index >= 15 is 0 Å². The molecule has 0 radical (unpaired) electrons. The summed E-state index contributed by atoms with van der Waals surface area (Å²) in [6.45, 7) is 7.19. The van der Waals surface area contributed by atoms with Crippen LogP contribution in [0.1, 0.15) is 5.56 Å². The second-order valence-electron chi connectivity index (χ2n) is 3.32. The Morgan fingerprint density at radius 3 is 3.07 bits per heavy atom. The average molecular weight is 198 g/mol. The van der Waals surface area contributed by atoms with Crippen molar-refractivity contribution in [2.24, 2.45) is 0 Å². The maximum Gasteiger partial charge on any atom is 0.218 e. The van der Waals surface area contributed by atoms with Crippen LogP contribution in [0.15, 0.2) is 30.5 Å². The maximum absolute atomic E-state index is 9.53. The Labute approximate surface area is 87.8 Å². The molecule has 3 heteroatoms. The van der Waals surface area contributed by atoms with Gasteiger partial charge in [0.2, 0.25) is 6.54 Å². The van der Waals surface area contributed by atoms with Crippen molar-refractivity contribution in [3.05, 3.63) is 47.4 Å². The molecule has 0 aliphatic heterocycles. The Morgan fingerprint density at radius 1 is 1.40 bits per heavy atom. The van der Waals surface area contributed by atoms with Gasteiger partial charge in [0.05, 0.1) is 0 Å². The normalized spacial score (nSPS) is 10.1.